The van der Waals surface area contributed by atoms with Gasteiger partial charge in [0.15, 0.2) is 30.5 Å². The number of carbonyl (C=O) groups excluding carboxylic acids is 2. The molecule has 18 nitrogen and oxygen atoms in total. The van der Waals surface area contributed by atoms with Crippen molar-refractivity contribution >= 4 is 35.3 Å². The number of methoxy groups -OCH3 is 1. The topological polar surface area (TPSA) is 246 Å². The Balaban J connectivity index is 1.72. The minimum absolute atomic E-state index is 0.420. The summed E-state index contributed by atoms with van der Waals surface area (Å²) in [5.41, 5.74) is 0. The Bertz CT molecular complexity index is 1070. The molecule has 0 saturated carbocycles. The van der Waals surface area contributed by atoms with E-state index in [1.54, 1.807) is 0 Å². The van der Waals surface area contributed by atoms with Gasteiger partial charge in [0.25, 0.3) is 5.91 Å². The molecule has 0 aromatic heterocycles. The lowest BCUT2D eigenvalue weighted by Crippen LogP contribution is -2.50. The fraction of sp³-hybridized carbons (Fsp3) is 0.500. The molecule has 3 unspecified atom stereocenters. The van der Waals surface area contributed by atoms with Gasteiger partial charge in [0, 0.05) is 0 Å². The number of hydrogen-bond acceptors (Lipinski definition) is 15. The molecule has 4 aliphatic heterocycles. The molecule has 2 saturated heterocycles. The highest BCUT2D eigenvalue weighted by Gasteiger charge is 2.60. The van der Waals surface area contributed by atoms with Crippen LogP contribution < -0.4 is 5.32 Å². The Morgan fingerprint density at radius 3 is 2.39 bits per heavy atom. The van der Waals surface area contributed by atoms with E-state index in [0.29, 0.717) is 0 Å². The summed E-state index contributed by atoms with van der Waals surface area (Å²) in [5, 5.41) is 22.8. The van der Waals surface area contributed by atoms with Crippen LogP contribution in [-0.4, -0.2) is 75.0 Å². The van der Waals surface area contributed by atoms with Gasteiger partial charge in [-0.05, 0) is 0 Å². The van der Waals surface area contributed by atoms with Crippen LogP contribution in [0.15, 0.2) is 23.5 Å². The second kappa shape index (κ2) is 8.15. The molecule has 1 amide bonds. The molecular weight excluding hydrogens is 521 g/mol. The van der Waals surface area contributed by atoms with Gasteiger partial charge in [-0.25, -0.2) is 18.5 Å². The van der Waals surface area contributed by atoms with Crippen molar-refractivity contribution in [3.63, 3.8) is 0 Å². The number of hydrogen-bond donors (Lipinski definition) is 5. The van der Waals surface area contributed by atoms with Crippen molar-refractivity contribution in [2.45, 2.75) is 24.5 Å². The maximum atomic E-state index is 12.8. The fourth-order valence-corrected chi connectivity index (χ4v) is 8.01. The van der Waals surface area contributed by atoms with Crippen molar-refractivity contribution in [3.05, 3.63) is 23.5 Å². The molecule has 21 heteroatoms. The van der Waals surface area contributed by atoms with E-state index in [2.05, 4.69) is 23.0 Å². The highest BCUT2D eigenvalue weighted by Crippen LogP contribution is 2.80. The second-order valence-corrected chi connectivity index (χ2v) is 11.5. The first-order valence-electron chi connectivity index (χ1n) is 8.60. The SMILES string of the molecule is COC(=O)COC1=CN2C(=C(OP3(=O)OP(=O)(O)OP(=O)(O)O3)[C@H]3O[C@@H]2[C@@H](O)C3O)NC1=O. The molecular formula is C12H15N2O16P3. The Labute approximate surface area is 183 Å². The van der Waals surface area contributed by atoms with Crippen LogP contribution in [0.1, 0.15) is 0 Å². The average molecular weight is 536 g/mol. The zero-order chi connectivity index (χ0) is 24.3. The van der Waals surface area contributed by atoms with Crippen molar-refractivity contribution in [3.8, 4) is 0 Å². The third-order valence-electron chi connectivity index (χ3n) is 4.37. The maximum Gasteiger partial charge on any atom is 0.548 e. The number of rotatable bonds is 5. The minimum atomic E-state index is -5.40. The summed E-state index contributed by atoms with van der Waals surface area (Å²) in [4.78, 5) is 43.4. The van der Waals surface area contributed by atoms with Crippen molar-refractivity contribution in [2.75, 3.05) is 13.7 Å². The third-order valence-corrected chi connectivity index (χ3v) is 9.69. The first-order chi connectivity index (χ1) is 15.2. The maximum absolute atomic E-state index is 12.8. The number of ether oxygens (including phenoxy) is 3. The molecule has 0 radical (unpaired) electrons. The van der Waals surface area contributed by atoms with Crippen LogP contribution in [0.25, 0.3) is 0 Å². The zero-order valence-electron chi connectivity index (χ0n) is 16.1. The Hall–Kier alpha value is -1.81. The van der Waals surface area contributed by atoms with Crippen LogP contribution in [0.5, 0.6) is 0 Å². The van der Waals surface area contributed by atoms with Gasteiger partial charge >= 0.3 is 29.4 Å². The molecule has 0 spiro atoms. The quantitative estimate of drug-likeness (QED) is 0.197. The minimum Gasteiger partial charge on any atom is -0.475 e. The van der Waals surface area contributed by atoms with Crippen LogP contribution in [0.3, 0.4) is 0 Å². The number of esters is 1. The molecule has 0 aliphatic carbocycles. The van der Waals surface area contributed by atoms with Crippen molar-refractivity contribution in [1.29, 1.82) is 0 Å². The largest absolute Gasteiger partial charge is 0.548 e. The number of nitrogens with zero attached hydrogens (tertiary/aromatic N) is 1. The summed E-state index contributed by atoms with van der Waals surface area (Å²) in [6.07, 6.45) is -5.46. The monoisotopic (exact) mass is 536 g/mol. The molecule has 2 fully saturated rings. The summed E-state index contributed by atoms with van der Waals surface area (Å²) in [5.74, 6) is -3.46. The smallest absolute Gasteiger partial charge is 0.475 e. The van der Waals surface area contributed by atoms with Gasteiger partial charge in [-0.3, -0.25) is 9.69 Å². The predicted octanol–water partition coefficient (Wildman–Crippen LogP) is -1.53. The predicted molar refractivity (Wildman–Crippen MR) is 95.3 cm³/mol. The van der Waals surface area contributed by atoms with Gasteiger partial charge in [-0.15, -0.1) is 0 Å². The van der Waals surface area contributed by atoms with Gasteiger partial charge in [0.2, 0.25) is 5.76 Å². The molecule has 0 aromatic carbocycles. The van der Waals surface area contributed by atoms with Crippen molar-refractivity contribution in [2.24, 2.45) is 0 Å². The highest BCUT2D eigenvalue weighted by atomic mass is 31.3. The Morgan fingerprint density at radius 1 is 1.15 bits per heavy atom. The standard InChI is InChI=1S/C12H15N2O16P3/c1-24-5(15)3-25-4-2-14-10(13-11(4)18)9(8-6(16)7(17)12(14)26-8)27-33(23)29-31(19,20)28-32(21,22)30-33/h2,6-8,12,16-17H,3H2,1H3,(H,13,18)(H,19,20)(H,21,22)/t6?,7-,8-,12+/m0/s1. The molecule has 2 bridgehead atoms. The van der Waals surface area contributed by atoms with E-state index in [0.717, 1.165) is 18.2 Å². The molecule has 5 N–H and O–H groups in total. The summed E-state index contributed by atoms with van der Waals surface area (Å²) in [6, 6.07) is 0. The van der Waals surface area contributed by atoms with Crippen LogP contribution in [-0.2, 0) is 55.0 Å². The van der Waals surface area contributed by atoms with Crippen LogP contribution in [0.4, 0.5) is 0 Å². The van der Waals surface area contributed by atoms with Gasteiger partial charge in [0.1, 0.15) is 12.2 Å². The highest BCUT2D eigenvalue weighted by molar-refractivity contribution is 7.74. The van der Waals surface area contributed by atoms with E-state index in [-0.39, 0.29) is 0 Å². The number of fused-ring (bicyclic) bond motifs is 4. The number of carbonyl (C=O) groups is 2. The molecule has 0 aromatic rings. The second-order valence-electron chi connectivity index (χ2n) is 6.58. The zero-order valence-corrected chi connectivity index (χ0v) is 18.8. The lowest BCUT2D eigenvalue weighted by Gasteiger charge is -2.39. The molecule has 4 heterocycles. The van der Waals surface area contributed by atoms with E-state index in [1.807, 2.05) is 0 Å². The number of phosphoric acid groups is 3. The number of nitrogens with one attached hydrogen (secondary N) is 1. The number of amides is 1. The van der Waals surface area contributed by atoms with E-state index in [4.69, 9.17) is 14.0 Å². The van der Waals surface area contributed by atoms with Crippen molar-refractivity contribution < 1.29 is 75.0 Å². The van der Waals surface area contributed by atoms with E-state index < -0.39 is 83.8 Å². The van der Waals surface area contributed by atoms with Gasteiger partial charge in [-0.2, -0.15) is 12.9 Å². The summed E-state index contributed by atoms with van der Waals surface area (Å²) < 4.78 is 68.0. The molecule has 4 rings (SSSR count). The van der Waals surface area contributed by atoms with Gasteiger partial charge in [-0.1, -0.05) is 0 Å². The first kappa shape index (κ1) is 24.3. The normalized spacial score (nSPS) is 42.3. The van der Waals surface area contributed by atoms with Gasteiger partial charge in [0.05, 0.1) is 13.3 Å². The third kappa shape index (κ3) is 4.60. The van der Waals surface area contributed by atoms with Crippen LogP contribution in [0.2, 0.25) is 0 Å². The molecule has 33 heavy (non-hydrogen) atoms. The molecule has 184 valence electrons. The number of aliphatic hydroxyl groups excluding tert-OH is 2. The molecule has 4 aliphatic rings. The summed E-state index contributed by atoms with van der Waals surface area (Å²) in [7, 11) is -15.1. The van der Waals surface area contributed by atoms with E-state index in [9.17, 15) is 43.3 Å². The van der Waals surface area contributed by atoms with Crippen LogP contribution >= 0.6 is 23.5 Å². The summed E-state index contributed by atoms with van der Waals surface area (Å²) in [6.45, 7) is -0.667. The van der Waals surface area contributed by atoms with Gasteiger partial charge < -0.3 is 44.1 Å². The van der Waals surface area contributed by atoms with E-state index >= 15 is 0 Å². The average Bonchev–Trinajstić information content (AvgIpc) is 2.93. The Morgan fingerprint density at radius 2 is 1.79 bits per heavy atom. The number of aliphatic hydroxyl groups is 2. The lowest BCUT2D eigenvalue weighted by atomic mass is 10.1. The van der Waals surface area contributed by atoms with Crippen molar-refractivity contribution in [1.82, 2.24) is 10.2 Å². The lowest BCUT2D eigenvalue weighted by molar-refractivity contribution is -0.145. The van der Waals surface area contributed by atoms with E-state index in [1.165, 1.54) is 0 Å². The Kier molecular flexibility index (Phi) is 6.00. The first-order valence-corrected chi connectivity index (χ1v) is 13.1. The summed E-state index contributed by atoms with van der Waals surface area (Å²) >= 11 is 0. The fourth-order valence-electron chi connectivity index (χ4n) is 3.09. The van der Waals surface area contributed by atoms with Crippen LogP contribution in [0, 0.1) is 0 Å². The molecule has 6 atom stereocenters.